The van der Waals surface area contributed by atoms with Gasteiger partial charge in [-0.25, -0.2) is 0 Å². The van der Waals surface area contributed by atoms with E-state index in [0.717, 1.165) is 9.13 Å². The number of halogens is 1. The molecule has 0 radical (unpaired) electrons. The van der Waals surface area contributed by atoms with Gasteiger partial charge in [0.15, 0.2) is 0 Å². The SMILES string of the molecule is Cc1cscc1CNC(=O)c1ccc(I)c(O)c1. The Labute approximate surface area is 123 Å². The molecule has 0 atom stereocenters. The minimum absolute atomic E-state index is 0.134. The Hall–Kier alpha value is -1.08. The predicted molar refractivity (Wildman–Crippen MR) is 81.1 cm³/mol. The van der Waals surface area contributed by atoms with Gasteiger partial charge >= 0.3 is 0 Å². The number of carbonyl (C=O) groups is 1. The van der Waals surface area contributed by atoms with Crippen LogP contribution in [0, 0.1) is 10.5 Å². The van der Waals surface area contributed by atoms with E-state index in [1.165, 1.54) is 11.6 Å². The monoisotopic (exact) mass is 373 g/mol. The molecule has 1 aromatic carbocycles. The molecule has 5 heteroatoms. The second-order valence-electron chi connectivity index (χ2n) is 3.93. The van der Waals surface area contributed by atoms with Crippen LogP contribution in [0.15, 0.2) is 29.0 Å². The second-order valence-corrected chi connectivity index (χ2v) is 5.83. The number of nitrogens with one attached hydrogen (secondary N) is 1. The molecule has 0 aliphatic rings. The first-order chi connectivity index (χ1) is 8.58. The van der Waals surface area contributed by atoms with Crippen molar-refractivity contribution in [2.75, 3.05) is 0 Å². The van der Waals surface area contributed by atoms with Gasteiger partial charge in [-0.2, -0.15) is 11.3 Å². The summed E-state index contributed by atoms with van der Waals surface area (Å²) in [6.07, 6.45) is 0. The molecule has 1 heterocycles. The zero-order valence-corrected chi connectivity index (χ0v) is 12.7. The van der Waals surface area contributed by atoms with E-state index in [9.17, 15) is 9.90 Å². The van der Waals surface area contributed by atoms with E-state index in [1.807, 2.05) is 34.9 Å². The summed E-state index contributed by atoms with van der Waals surface area (Å²) in [6, 6.07) is 4.91. The molecule has 0 spiro atoms. The van der Waals surface area contributed by atoms with Crippen LogP contribution in [-0.4, -0.2) is 11.0 Å². The highest BCUT2D eigenvalue weighted by Crippen LogP contribution is 2.20. The van der Waals surface area contributed by atoms with E-state index in [2.05, 4.69) is 10.7 Å². The van der Waals surface area contributed by atoms with E-state index in [0.29, 0.717) is 12.1 Å². The fourth-order valence-corrected chi connectivity index (χ4v) is 2.69. The molecule has 2 aromatic rings. The van der Waals surface area contributed by atoms with Gasteiger partial charge in [-0.1, -0.05) is 0 Å². The van der Waals surface area contributed by atoms with Crippen LogP contribution in [0.2, 0.25) is 0 Å². The fraction of sp³-hybridized carbons (Fsp3) is 0.154. The van der Waals surface area contributed by atoms with Crippen molar-refractivity contribution in [1.29, 1.82) is 0 Å². The van der Waals surface area contributed by atoms with Gasteiger partial charge in [0.1, 0.15) is 5.75 Å². The largest absolute Gasteiger partial charge is 0.507 e. The molecule has 1 amide bonds. The smallest absolute Gasteiger partial charge is 0.251 e. The summed E-state index contributed by atoms with van der Waals surface area (Å²) in [5, 5.41) is 16.5. The first kappa shape index (κ1) is 13.4. The van der Waals surface area contributed by atoms with Crippen molar-refractivity contribution in [2.24, 2.45) is 0 Å². The van der Waals surface area contributed by atoms with Crippen molar-refractivity contribution in [3.8, 4) is 5.75 Å². The third kappa shape index (κ3) is 3.02. The van der Waals surface area contributed by atoms with Crippen LogP contribution >= 0.6 is 33.9 Å². The van der Waals surface area contributed by atoms with Gasteiger partial charge in [0, 0.05) is 12.1 Å². The average Bonchev–Trinajstić information content (AvgIpc) is 2.75. The van der Waals surface area contributed by atoms with Gasteiger partial charge in [0.2, 0.25) is 0 Å². The zero-order valence-electron chi connectivity index (χ0n) is 9.74. The summed E-state index contributed by atoms with van der Waals surface area (Å²) >= 11 is 3.64. The fourth-order valence-electron chi connectivity index (χ4n) is 1.50. The summed E-state index contributed by atoms with van der Waals surface area (Å²) < 4.78 is 0.734. The molecular weight excluding hydrogens is 361 g/mol. The van der Waals surface area contributed by atoms with Crippen LogP contribution < -0.4 is 5.32 Å². The predicted octanol–water partition coefficient (Wildman–Crippen LogP) is 3.30. The van der Waals surface area contributed by atoms with Crippen LogP contribution in [0.4, 0.5) is 0 Å². The van der Waals surface area contributed by atoms with E-state index in [1.54, 1.807) is 23.5 Å². The molecule has 0 aliphatic heterocycles. The average molecular weight is 373 g/mol. The van der Waals surface area contributed by atoms with E-state index < -0.39 is 0 Å². The Bertz CT molecular complexity index is 580. The molecule has 1 aromatic heterocycles. The van der Waals surface area contributed by atoms with Crippen molar-refractivity contribution >= 4 is 39.8 Å². The van der Waals surface area contributed by atoms with Crippen molar-refractivity contribution < 1.29 is 9.90 Å². The maximum absolute atomic E-state index is 11.9. The molecule has 0 fully saturated rings. The number of rotatable bonds is 3. The molecule has 3 nitrogen and oxygen atoms in total. The molecule has 0 aliphatic carbocycles. The summed E-state index contributed by atoms with van der Waals surface area (Å²) in [7, 11) is 0. The van der Waals surface area contributed by atoms with E-state index in [-0.39, 0.29) is 11.7 Å². The van der Waals surface area contributed by atoms with Crippen LogP contribution in [0.1, 0.15) is 21.5 Å². The summed E-state index contributed by atoms with van der Waals surface area (Å²) in [6.45, 7) is 2.54. The molecule has 94 valence electrons. The van der Waals surface area contributed by atoms with Crippen molar-refractivity contribution in [2.45, 2.75) is 13.5 Å². The lowest BCUT2D eigenvalue weighted by molar-refractivity contribution is 0.0950. The van der Waals surface area contributed by atoms with Gasteiger partial charge in [-0.05, 0) is 69.6 Å². The molecule has 0 unspecified atom stereocenters. The number of benzene rings is 1. The van der Waals surface area contributed by atoms with Gasteiger partial charge in [-0.3, -0.25) is 4.79 Å². The first-order valence-corrected chi connectivity index (χ1v) is 7.38. The minimum Gasteiger partial charge on any atom is -0.507 e. The van der Waals surface area contributed by atoms with Gasteiger partial charge in [0.25, 0.3) is 5.91 Å². The van der Waals surface area contributed by atoms with Gasteiger partial charge in [0.05, 0.1) is 3.57 Å². The topological polar surface area (TPSA) is 49.3 Å². The molecule has 0 saturated heterocycles. The lowest BCUT2D eigenvalue weighted by atomic mass is 10.2. The maximum atomic E-state index is 11.9. The highest BCUT2D eigenvalue weighted by Gasteiger charge is 2.08. The third-order valence-electron chi connectivity index (χ3n) is 2.61. The molecule has 2 N–H and O–H groups in total. The second kappa shape index (κ2) is 5.71. The van der Waals surface area contributed by atoms with E-state index in [4.69, 9.17) is 0 Å². The Kier molecular flexibility index (Phi) is 4.23. The molecule has 0 bridgehead atoms. The normalized spacial score (nSPS) is 10.3. The highest BCUT2D eigenvalue weighted by atomic mass is 127. The number of aryl methyl sites for hydroxylation is 1. The third-order valence-corrected chi connectivity index (χ3v) is 4.43. The molecule has 0 saturated carbocycles. The Morgan fingerprint density at radius 1 is 1.44 bits per heavy atom. The zero-order chi connectivity index (χ0) is 13.1. The summed E-state index contributed by atoms with van der Waals surface area (Å²) in [4.78, 5) is 11.9. The van der Waals surface area contributed by atoms with Crippen LogP contribution in [-0.2, 0) is 6.54 Å². The number of thiophene rings is 1. The number of hydrogen-bond acceptors (Lipinski definition) is 3. The standard InChI is InChI=1S/C13H12INO2S/c1-8-6-18-7-10(8)5-15-13(17)9-2-3-11(14)12(16)4-9/h2-4,6-7,16H,5H2,1H3,(H,15,17). The minimum atomic E-state index is -0.174. The maximum Gasteiger partial charge on any atom is 0.251 e. The number of carbonyl (C=O) groups excluding carboxylic acids is 1. The van der Waals surface area contributed by atoms with Gasteiger partial charge in [-0.15, -0.1) is 0 Å². The summed E-state index contributed by atoms with van der Waals surface area (Å²) in [5.41, 5.74) is 2.79. The number of phenols is 1. The number of hydrogen-bond donors (Lipinski definition) is 2. The quantitative estimate of drug-likeness (QED) is 0.812. The number of amides is 1. The van der Waals surface area contributed by atoms with E-state index >= 15 is 0 Å². The molecule has 2 rings (SSSR count). The van der Waals surface area contributed by atoms with Crippen molar-refractivity contribution in [3.05, 3.63) is 49.2 Å². The van der Waals surface area contributed by atoms with Crippen LogP contribution in [0.5, 0.6) is 5.75 Å². The number of aromatic hydroxyl groups is 1. The summed E-state index contributed by atoms with van der Waals surface area (Å²) in [5.74, 6) is -0.0396. The van der Waals surface area contributed by atoms with Gasteiger partial charge < -0.3 is 10.4 Å². The molecule has 18 heavy (non-hydrogen) atoms. The highest BCUT2D eigenvalue weighted by molar-refractivity contribution is 14.1. The Balaban J connectivity index is 2.04. The Morgan fingerprint density at radius 2 is 2.22 bits per heavy atom. The van der Waals surface area contributed by atoms with Crippen molar-refractivity contribution in [3.63, 3.8) is 0 Å². The van der Waals surface area contributed by atoms with Crippen LogP contribution in [0.25, 0.3) is 0 Å². The van der Waals surface area contributed by atoms with Crippen molar-refractivity contribution in [1.82, 2.24) is 5.32 Å². The first-order valence-electron chi connectivity index (χ1n) is 5.36. The Morgan fingerprint density at radius 3 is 2.83 bits per heavy atom. The van der Waals surface area contributed by atoms with Crippen LogP contribution in [0.3, 0.4) is 0 Å². The lowest BCUT2D eigenvalue weighted by Gasteiger charge is -2.06. The molecular formula is C13H12INO2S. The lowest BCUT2D eigenvalue weighted by Crippen LogP contribution is -2.22. The number of phenolic OH excluding ortho intramolecular Hbond substituents is 1.